The monoisotopic (exact) mass is 333 g/mol. The minimum atomic E-state index is 0.149. The van der Waals surface area contributed by atoms with E-state index in [-0.39, 0.29) is 12.0 Å². The Hall–Kier alpha value is -1.73. The first-order valence-electron chi connectivity index (χ1n) is 7.90. The van der Waals surface area contributed by atoms with E-state index in [1.54, 1.807) is 11.3 Å². The van der Waals surface area contributed by atoms with Crippen molar-refractivity contribution in [3.8, 4) is 0 Å². The van der Waals surface area contributed by atoms with Crippen LogP contribution in [0.2, 0.25) is 0 Å². The Kier molecular flexibility index (Phi) is 3.90. The summed E-state index contributed by atoms with van der Waals surface area (Å²) in [5.74, 6) is 2.24. The van der Waals surface area contributed by atoms with Crippen molar-refractivity contribution in [2.24, 2.45) is 11.8 Å². The largest absolute Gasteiger partial charge is 0.376 e. The highest BCUT2D eigenvalue weighted by molar-refractivity contribution is 7.10. The molecule has 0 radical (unpaired) electrons. The Morgan fingerprint density at radius 3 is 3.13 bits per heavy atom. The molecule has 7 heteroatoms. The summed E-state index contributed by atoms with van der Waals surface area (Å²) >= 11 is 1.63. The molecule has 0 aliphatic carbocycles. The third-order valence-electron chi connectivity index (χ3n) is 4.70. The SMILES string of the molecule is Cc1noc(C[C@@H]2CO[C@@H]3CN(C(=O)Cc4cccs4)C[C@H]23)n1. The van der Waals surface area contributed by atoms with Crippen molar-refractivity contribution in [2.45, 2.75) is 25.9 Å². The molecule has 0 unspecified atom stereocenters. The number of carbonyl (C=O) groups is 1. The molecule has 0 aromatic carbocycles. The van der Waals surface area contributed by atoms with Crippen LogP contribution >= 0.6 is 11.3 Å². The number of thiophene rings is 1. The summed E-state index contributed by atoms with van der Waals surface area (Å²) in [5.41, 5.74) is 0. The lowest BCUT2D eigenvalue weighted by Crippen LogP contribution is -2.32. The quantitative estimate of drug-likeness (QED) is 0.852. The number of fused-ring (bicyclic) bond motifs is 1. The first-order valence-corrected chi connectivity index (χ1v) is 8.78. The second-order valence-corrected chi connectivity index (χ2v) is 7.32. The lowest BCUT2D eigenvalue weighted by Gasteiger charge is -2.19. The van der Waals surface area contributed by atoms with Gasteiger partial charge in [0.1, 0.15) is 0 Å². The minimum Gasteiger partial charge on any atom is -0.376 e. The predicted molar refractivity (Wildman–Crippen MR) is 84.1 cm³/mol. The average Bonchev–Trinajstić information content (AvgIpc) is 3.26. The number of aromatic nitrogens is 2. The molecule has 3 atom stereocenters. The fourth-order valence-electron chi connectivity index (χ4n) is 3.53. The van der Waals surface area contributed by atoms with Crippen LogP contribution in [0.1, 0.15) is 16.6 Å². The van der Waals surface area contributed by atoms with Crippen LogP contribution in [0.15, 0.2) is 22.0 Å². The lowest BCUT2D eigenvalue weighted by atomic mass is 9.90. The van der Waals surface area contributed by atoms with Crippen LogP contribution in [-0.4, -0.2) is 46.7 Å². The molecule has 2 saturated heterocycles. The Morgan fingerprint density at radius 2 is 2.39 bits per heavy atom. The molecular formula is C16H19N3O3S. The van der Waals surface area contributed by atoms with Gasteiger partial charge in [-0.05, 0) is 24.3 Å². The summed E-state index contributed by atoms with van der Waals surface area (Å²) in [4.78, 5) is 19.8. The van der Waals surface area contributed by atoms with Crippen LogP contribution in [-0.2, 0) is 22.4 Å². The molecule has 2 aliphatic rings. The number of nitrogens with zero attached hydrogens (tertiary/aromatic N) is 3. The maximum Gasteiger partial charge on any atom is 0.227 e. The van der Waals surface area contributed by atoms with Gasteiger partial charge in [0.2, 0.25) is 11.8 Å². The van der Waals surface area contributed by atoms with Crippen LogP contribution < -0.4 is 0 Å². The lowest BCUT2D eigenvalue weighted by molar-refractivity contribution is -0.130. The average molecular weight is 333 g/mol. The Balaban J connectivity index is 1.38. The summed E-state index contributed by atoms with van der Waals surface area (Å²) in [6, 6.07) is 3.99. The number of carbonyl (C=O) groups excluding carboxylic acids is 1. The first-order chi connectivity index (χ1) is 11.2. The van der Waals surface area contributed by atoms with Crippen molar-refractivity contribution in [1.82, 2.24) is 15.0 Å². The molecule has 1 amide bonds. The maximum atomic E-state index is 12.4. The molecule has 0 bridgehead atoms. The molecule has 2 fully saturated rings. The number of amides is 1. The van der Waals surface area contributed by atoms with Gasteiger partial charge in [-0.2, -0.15) is 4.98 Å². The van der Waals surface area contributed by atoms with Crippen LogP contribution in [0.25, 0.3) is 0 Å². The van der Waals surface area contributed by atoms with Crippen LogP contribution in [0, 0.1) is 18.8 Å². The molecule has 6 nitrogen and oxygen atoms in total. The summed E-state index contributed by atoms with van der Waals surface area (Å²) in [6.07, 6.45) is 1.37. The Labute approximate surface area is 138 Å². The number of hydrogen-bond acceptors (Lipinski definition) is 6. The number of hydrogen-bond donors (Lipinski definition) is 0. The van der Waals surface area contributed by atoms with Gasteiger partial charge < -0.3 is 14.2 Å². The predicted octanol–water partition coefficient (Wildman–Crippen LogP) is 1.70. The third-order valence-corrected chi connectivity index (χ3v) is 5.58. The van der Waals surface area contributed by atoms with Gasteiger partial charge >= 0.3 is 0 Å². The molecule has 2 aliphatic heterocycles. The van der Waals surface area contributed by atoms with E-state index in [2.05, 4.69) is 10.1 Å². The molecule has 4 heterocycles. The van der Waals surface area contributed by atoms with Crippen molar-refractivity contribution >= 4 is 17.2 Å². The molecule has 0 saturated carbocycles. The summed E-state index contributed by atoms with van der Waals surface area (Å²) in [7, 11) is 0. The van der Waals surface area contributed by atoms with Gasteiger partial charge in [-0.1, -0.05) is 11.2 Å². The topological polar surface area (TPSA) is 68.5 Å². The standard InChI is InChI=1S/C16H19N3O3S/c1-10-17-15(22-18-10)5-11-9-21-14-8-19(7-13(11)14)16(20)6-12-3-2-4-23-12/h2-4,11,13-14H,5-9H2,1H3/t11-,13-,14-/m1/s1. The number of likely N-dealkylation sites (tertiary alicyclic amines) is 1. The van der Waals surface area contributed by atoms with Gasteiger partial charge in [-0.25, -0.2) is 0 Å². The molecule has 2 aromatic heterocycles. The molecule has 0 N–H and O–H groups in total. The smallest absolute Gasteiger partial charge is 0.227 e. The molecule has 0 spiro atoms. The van der Waals surface area contributed by atoms with E-state index in [1.165, 1.54) is 0 Å². The first kappa shape index (κ1) is 14.8. The third kappa shape index (κ3) is 3.03. The molecule has 23 heavy (non-hydrogen) atoms. The van der Waals surface area contributed by atoms with E-state index in [0.717, 1.165) is 17.8 Å². The fourth-order valence-corrected chi connectivity index (χ4v) is 4.23. The van der Waals surface area contributed by atoms with Gasteiger partial charge in [-0.3, -0.25) is 4.79 Å². The summed E-state index contributed by atoms with van der Waals surface area (Å²) in [6.45, 7) is 4.01. The molecule has 4 rings (SSSR count). The normalized spacial score (nSPS) is 26.7. The molecule has 2 aromatic rings. The van der Waals surface area contributed by atoms with Gasteiger partial charge in [0.25, 0.3) is 0 Å². The van der Waals surface area contributed by atoms with Crippen molar-refractivity contribution in [2.75, 3.05) is 19.7 Å². The summed E-state index contributed by atoms with van der Waals surface area (Å²) in [5, 5.41) is 5.85. The fraction of sp³-hybridized carbons (Fsp3) is 0.562. The summed E-state index contributed by atoms with van der Waals surface area (Å²) < 4.78 is 11.1. The van der Waals surface area contributed by atoms with Gasteiger partial charge in [0, 0.05) is 30.3 Å². The Morgan fingerprint density at radius 1 is 1.48 bits per heavy atom. The maximum absolute atomic E-state index is 12.4. The highest BCUT2D eigenvalue weighted by Gasteiger charge is 2.45. The van der Waals surface area contributed by atoms with Crippen molar-refractivity contribution in [3.63, 3.8) is 0 Å². The van der Waals surface area contributed by atoms with Crippen molar-refractivity contribution in [1.29, 1.82) is 0 Å². The van der Waals surface area contributed by atoms with Gasteiger partial charge in [0.15, 0.2) is 5.82 Å². The van der Waals surface area contributed by atoms with Crippen LogP contribution in [0.5, 0.6) is 0 Å². The van der Waals surface area contributed by atoms with E-state index < -0.39 is 0 Å². The zero-order valence-corrected chi connectivity index (χ0v) is 13.8. The van der Waals surface area contributed by atoms with E-state index >= 15 is 0 Å². The van der Waals surface area contributed by atoms with E-state index in [4.69, 9.17) is 9.26 Å². The zero-order chi connectivity index (χ0) is 15.8. The van der Waals surface area contributed by atoms with Crippen molar-refractivity contribution in [3.05, 3.63) is 34.1 Å². The van der Waals surface area contributed by atoms with Gasteiger partial charge in [-0.15, -0.1) is 11.3 Å². The van der Waals surface area contributed by atoms with Crippen LogP contribution in [0.4, 0.5) is 0 Å². The molecular weight excluding hydrogens is 314 g/mol. The second-order valence-electron chi connectivity index (χ2n) is 6.29. The van der Waals surface area contributed by atoms with E-state index in [0.29, 0.717) is 43.1 Å². The van der Waals surface area contributed by atoms with Gasteiger partial charge in [0.05, 0.1) is 19.1 Å². The van der Waals surface area contributed by atoms with Crippen LogP contribution in [0.3, 0.4) is 0 Å². The molecule has 122 valence electrons. The second kappa shape index (κ2) is 6.05. The van der Waals surface area contributed by atoms with Crippen molar-refractivity contribution < 1.29 is 14.1 Å². The van der Waals surface area contributed by atoms with E-state index in [9.17, 15) is 4.79 Å². The number of rotatable bonds is 4. The number of aryl methyl sites for hydroxylation is 1. The van der Waals surface area contributed by atoms with E-state index in [1.807, 2.05) is 29.3 Å². The Bertz CT molecular complexity index is 685. The number of ether oxygens (including phenoxy) is 1. The highest BCUT2D eigenvalue weighted by Crippen LogP contribution is 2.35. The minimum absolute atomic E-state index is 0.149. The zero-order valence-electron chi connectivity index (χ0n) is 13.0. The highest BCUT2D eigenvalue weighted by atomic mass is 32.1.